The molecule has 0 aromatic rings. The van der Waals surface area contributed by atoms with E-state index in [-0.39, 0.29) is 12.7 Å². The second kappa shape index (κ2) is 2.70. The SMILES string of the molecule is CC(=O)OC[C@@]12C[C@@H](CO1)OC2=O. The van der Waals surface area contributed by atoms with Crippen LogP contribution in [0.4, 0.5) is 0 Å². The molecule has 0 aliphatic carbocycles. The van der Waals surface area contributed by atoms with Crippen molar-refractivity contribution in [3.8, 4) is 0 Å². The summed E-state index contributed by atoms with van der Waals surface area (Å²) in [4.78, 5) is 21.8. The number of esters is 2. The van der Waals surface area contributed by atoms with Gasteiger partial charge < -0.3 is 14.2 Å². The molecule has 0 N–H and O–H groups in total. The van der Waals surface area contributed by atoms with Crippen LogP contribution in [0.2, 0.25) is 0 Å². The molecule has 2 atom stereocenters. The maximum atomic E-state index is 11.2. The number of ether oxygens (including phenoxy) is 3. The Hall–Kier alpha value is -1.10. The van der Waals surface area contributed by atoms with Gasteiger partial charge in [0.25, 0.3) is 0 Å². The fraction of sp³-hybridized carbons (Fsp3) is 0.750. The third kappa shape index (κ3) is 1.29. The highest BCUT2D eigenvalue weighted by atomic mass is 16.7. The van der Waals surface area contributed by atoms with Gasteiger partial charge in [0.05, 0.1) is 6.61 Å². The van der Waals surface area contributed by atoms with Gasteiger partial charge in [0, 0.05) is 13.3 Å². The van der Waals surface area contributed by atoms with Crippen molar-refractivity contribution in [2.45, 2.75) is 25.0 Å². The van der Waals surface area contributed by atoms with E-state index in [2.05, 4.69) is 0 Å². The van der Waals surface area contributed by atoms with E-state index < -0.39 is 17.5 Å². The van der Waals surface area contributed by atoms with E-state index in [4.69, 9.17) is 14.2 Å². The zero-order chi connectivity index (χ0) is 9.47. The van der Waals surface area contributed by atoms with Crippen molar-refractivity contribution < 1.29 is 23.8 Å². The number of carbonyl (C=O) groups excluding carboxylic acids is 2. The highest BCUT2D eigenvalue weighted by molar-refractivity contribution is 5.83. The summed E-state index contributed by atoms with van der Waals surface area (Å²) in [5.41, 5.74) is -1.00. The summed E-state index contributed by atoms with van der Waals surface area (Å²) in [7, 11) is 0. The maximum absolute atomic E-state index is 11.2. The number of rotatable bonds is 2. The second-order valence-corrected chi connectivity index (χ2v) is 3.32. The van der Waals surface area contributed by atoms with Crippen LogP contribution < -0.4 is 0 Å². The minimum atomic E-state index is -1.00. The van der Waals surface area contributed by atoms with Gasteiger partial charge in [0.15, 0.2) is 0 Å². The highest BCUT2D eigenvalue weighted by Crippen LogP contribution is 2.36. The van der Waals surface area contributed by atoms with Crippen LogP contribution in [-0.4, -0.2) is 36.9 Å². The molecule has 13 heavy (non-hydrogen) atoms. The Labute approximate surface area is 74.9 Å². The van der Waals surface area contributed by atoms with Crippen LogP contribution in [0.15, 0.2) is 0 Å². The molecule has 2 rings (SSSR count). The quantitative estimate of drug-likeness (QED) is 0.551. The first-order valence-electron chi connectivity index (χ1n) is 4.11. The molecule has 0 unspecified atom stereocenters. The van der Waals surface area contributed by atoms with Crippen molar-refractivity contribution >= 4 is 11.9 Å². The van der Waals surface area contributed by atoms with Crippen LogP contribution in [0.1, 0.15) is 13.3 Å². The molecule has 2 heterocycles. The highest BCUT2D eigenvalue weighted by Gasteiger charge is 2.56. The lowest BCUT2D eigenvalue weighted by atomic mass is 10.0. The van der Waals surface area contributed by atoms with E-state index >= 15 is 0 Å². The van der Waals surface area contributed by atoms with Crippen molar-refractivity contribution in [2.24, 2.45) is 0 Å². The largest absolute Gasteiger partial charge is 0.462 e. The first kappa shape index (κ1) is 8.50. The molecule has 0 amide bonds. The summed E-state index contributed by atoms with van der Waals surface area (Å²) in [5, 5.41) is 0. The van der Waals surface area contributed by atoms with E-state index in [0.717, 1.165) is 0 Å². The summed E-state index contributed by atoms with van der Waals surface area (Å²) >= 11 is 0. The lowest BCUT2D eigenvalue weighted by molar-refractivity contribution is -0.181. The normalized spacial score (nSPS) is 36.1. The lowest BCUT2D eigenvalue weighted by Crippen LogP contribution is -2.42. The van der Waals surface area contributed by atoms with E-state index in [9.17, 15) is 9.59 Å². The molecule has 0 aromatic heterocycles. The molecule has 2 fully saturated rings. The van der Waals surface area contributed by atoms with Gasteiger partial charge in [-0.1, -0.05) is 0 Å². The number of fused-ring (bicyclic) bond motifs is 2. The van der Waals surface area contributed by atoms with E-state index in [1.165, 1.54) is 6.92 Å². The standard InChI is InChI=1S/C8H10O5/c1-5(9)11-4-8-2-6(3-12-8)13-7(8)10/h6H,2-4H2,1H3/t6-,8+/m0/s1. The first-order chi connectivity index (χ1) is 6.12. The van der Waals surface area contributed by atoms with E-state index in [1.807, 2.05) is 0 Å². The average Bonchev–Trinajstić information content (AvgIpc) is 2.58. The first-order valence-corrected chi connectivity index (χ1v) is 4.11. The molecular weight excluding hydrogens is 176 g/mol. The monoisotopic (exact) mass is 186 g/mol. The molecule has 2 saturated heterocycles. The fourth-order valence-electron chi connectivity index (χ4n) is 1.59. The average molecular weight is 186 g/mol. The third-order valence-corrected chi connectivity index (χ3v) is 2.26. The van der Waals surface area contributed by atoms with Crippen LogP contribution in [0, 0.1) is 0 Å². The van der Waals surface area contributed by atoms with E-state index in [0.29, 0.717) is 13.0 Å². The summed E-state index contributed by atoms with van der Waals surface area (Å²) in [6.45, 7) is 1.67. The van der Waals surface area contributed by atoms with Crippen LogP contribution >= 0.6 is 0 Å². The third-order valence-electron chi connectivity index (χ3n) is 2.26. The van der Waals surface area contributed by atoms with Crippen molar-refractivity contribution in [3.63, 3.8) is 0 Å². The number of hydrogen-bond acceptors (Lipinski definition) is 5. The van der Waals surface area contributed by atoms with E-state index in [1.54, 1.807) is 0 Å². The van der Waals surface area contributed by atoms with Gasteiger partial charge in [0.1, 0.15) is 12.7 Å². The van der Waals surface area contributed by atoms with Gasteiger partial charge in [0.2, 0.25) is 5.60 Å². The topological polar surface area (TPSA) is 61.8 Å². The molecule has 0 aromatic carbocycles. The Morgan fingerprint density at radius 3 is 3.00 bits per heavy atom. The van der Waals surface area contributed by atoms with Gasteiger partial charge in [-0.15, -0.1) is 0 Å². The molecule has 0 spiro atoms. The zero-order valence-electron chi connectivity index (χ0n) is 7.24. The summed E-state index contributed by atoms with van der Waals surface area (Å²) in [6, 6.07) is 0. The summed E-state index contributed by atoms with van der Waals surface area (Å²) < 4.78 is 14.9. The van der Waals surface area contributed by atoms with Gasteiger partial charge in [-0.3, -0.25) is 4.79 Å². The molecule has 2 aliphatic heterocycles. The van der Waals surface area contributed by atoms with Crippen LogP contribution in [0.3, 0.4) is 0 Å². The number of hydrogen-bond donors (Lipinski definition) is 0. The molecule has 0 saturated carbocycles. The Morgan fingerprint density at radius 1 is 1.77 bits per heavy atom. The molecular formula is C8H10O5. The van der Waals surface area contributed by atoms with Crippen LogP contribution in [0.25, 0.3) is 0 Å². The van der Waals surface area contributed by atoms with Gasteiger partial charge >= 0.3 is 11.9 Å². The molecule has 5 heteroatoms. The predicted molar refractivity (Wildman–Crippen MR) is 39.8 cm³/mol. The fourth-order valence-corrected chi connectivity index (χ4v) is 1.59. The van der Waals surface area contributed by atoms with Crippen molar-refractivity contribution in [3.05, 3.63) is 0 Å². The minimum absolute atomic E-state index is 0.0301. The lowest BCUT2D eigenvalue weighted by Gasteiger charge is -2.22. The van der Waals surface area contributed by atoms with Crippen LogP contribution in [-0.2, 0) is 23.8 Å². The van der Waals surface area contributed by atoms with Crippen molar-refractivity contribution in [2.75, 3.05) is 13.2 Å². The zero-order valence-corrected chi connectivity index (χ0v) is 7.24. The smallest absolute Gasteiger partial charge is 0.342 e. The Morgan fingerprint density at radius 2 is 2.54 bits per heavy atom. The molecule has 0 radical (unpaired) electrons. The second-order valence-electron chi connectivity index (χ2n) is 3.32. The Kier molecular flexibility index (Phi) is 1.76. The minimum Gasteiger partial charge on any atom is -0.462 e. The molecule has 2 aliphatic rings. The predicted octanol–water partition coefficient (Wildman–Crippen LogP) is -0.366. The Bertz CT molecular complexity index is 261. The Balaban J connectivity index is 2.03. The van der Waals surface area contributed by atoms with Crippen molar-refractivity contribution in [1.82, 2.24) is 0 Å². The summed E-state index contributed by atoms with van der Waals surface area (Å²) in [6.07, 6.45) is 0.349. The van der Waals surface area contributed by atoms with Gasteiger partial charge in [-0.25, -0.2) is 4.79 Å². The molecule has 2 bridgehead atoms. The van der Waals surface area contributed by atoms with Crippen molar-refractivity contribution in [1.29, 1.82) is 0 Å². The van der Waals surface area contributed by atoms with Crippen LogP contribution in [0.5, 0.6) is 0 Å². The van der Waals surface area contributed by atoms with Gasteiger partial charge in [-0.05, 0) is 0 Å². The van der Waals surface area contributed by atoms with Gasteiger partial charge in [-0.2, -0.15) is 0 Å². The molecule has 5 nitrogen and oxygen atoms in total. The number of carbonyl (C=O) groups is 2. The summed E-state index contributed by atoms with van der Waals surface area (Å²) in [5.74, 6) is -0.828. The molecule has 72 valence electrons. The maximum Gasteiger partial charge on any atom is 0.342 e.